The molecule has 19 heavy (non-hydrogen) atoms. The molecule has 0 bridgehead atoms. The number of amides is 1. The van der Waals surface area contributed by atoms with Crippen LogP contribution in [0.4, 0.5) is 5.69 Å². The van der Waals surface area contributed by atoms with E-state index in [4.69, 9.17) is 5.11 Å². The Labute approximate surface area is 117 Å². The minimum absolute atomic E-state index is 0.0886. The van der Waals surface area contributed by atoms with Crippen molar-refractivity contribution in [2.75, 3.05) is 5.32 Å². The van der Waals surface area contributed by atoms with Gasteiger partial charge in [-0.3, -0.25) is 9.78 Å². The molecule has 0 radical (unpaired) electrons. The summed E-state index contributed by atoms with van der Waals surface area (Å²) in [5.41, 5.74) is 0.743. The summed E-state index contributed by atoms with van der Waals surface area (Å²) >= 11 is 3.20. The van der Waals surface area contributed by atoms with Crippen LogP contribution >= 0.6 is 15.9 Å². The lowest BCUT2D eigenvalue weighted by atomic mass is 10.2. The highest BCUT2D eigenvalue weighted by Crippen LogP contribution is 2.20. The van der Waals surface area contributed by atoms with Crippen LogP contribution in [0, 0.1) is 0 Å². The molecule has 96 valence electrons. The molecule has 5 nitrogen and oxygen atoms in total. The fourth-order valence-electron chi connectivity index (χ4n) is 1.48. The van der Waals surface area contributed by atoms with E-state index >= 15 is 0 Å². The summed E-state index contributed by atoms with van der Waals surface area (Å²) in [5, 5.41) is 11.5. The number of carboxylic acid groups (broad SMARTS) is 1. The highest BCUT2D eigenvalue weighted by Gasteiger charge is 2.10. The van der Waals surface area contributed by atoms with E-state index in [-0.39, 0.29) is 11.3 Å². The van der Waals surface area contributed by atoms with E-state index in [9.17, 15) is 9.59 Å². The molecule has 1 heterocycles. The van der Waals surface area contributed by atoms with Crippen molar-refractivity contribution in [3.63, 3.8) is 0 Å². The lowest BCUT2D eigenvalue weighted by Gasteiger charge is -2.06. The SMILES string of the molecule is O=C(O)c1cc(Br)cc(NC(=O)c2ccccn2)c1. The minimum Gasteiger partial charge on any atom is -0.478 e. The quantitative estimate of drug-likeness (QED) is 0.911. The molecular weight excluding hydrogens is 312 g/mol. The molecule has 0 atom stereocenters. The fraction of sp³-hybridized carbons (Fsp3) is 0. The number of hydrogen-bond acceptors (Lipinski definition) is 3. The second-order valence-electron chi connectivity index (χ2n) is 3.70. The smallest absolute Gasteiger partial charge is 0.335 e. The Bertz CT molecular complexity index is 629. The summed E-state index contributed by atoms with van der Waals surface area (Å²) < 4.78 is 0.573. The second kappa shape index (κ2) is 5.62. The summed E-state index contributed by atoms with van der Waals surface area (Å²) in [7, 11) is 0. The van der Waals surface area contributed by atoms with Gasteiger partial charge in [0.2, 0.25) is 0 Å². The van der Waals surface area contributed by atoms with Crippen molar-refractivity contribution >= 4 is 33.5 Å². The van der Waals surface area contributed by atoms with Gasteiger partial charge < -0.3 is 10.4 Å². The standard InChI is InChI=1S/C13H9BrN2O3/c14-9-5-8(13(18)19)6-10(7-9)16-12(17)11-3-1-2-4-15-11/h1-7H,(H,16,17)(H,18,19). The Balaban J connectivity index is 2.24. The van der Waals surface area contributed by atoms with Crippen molar-refractivity contribution in [2.45, 2.75) is 0 Å². The van der Waals surface area contributed by atoms with E-state index in [1.165, 1.54) is 18.3 Å². The van der Waals surface area contributed by atoms with Crippen molar-refractivity contribution in [3.8, 4) is 0 Å². The first-order valence-electron chi connectivity index (χ1n) is 5.32. The molecule has 0 saturated carbocycles. The van der Waals surface area contributed by atoms with Crippen molar-refractivity contribution in [1.82, 2.24) is 4.98 Å². The first kappa shape index (κ1) is 13.2. The summed E-state index contributed by atoms with van der Waals surface area (Å²) in [6.45, 7) is 0. The number of pyridine rings is 1. The molecule has 2 rings (SSSR count). The van der Waals surface area contributed by atoms with Gasteiger partial charge in [0, 0.05) is 16.4 Å². The van der Waals surface area contributed by atoms with Crippen LogP contribution in [0.15, 0.2) is 47.1 Å². The van der Waals surface area contributed by atoms with E-state index in [1.54, 1.807) is 24.3 Å². The number of anilines is 1. The monoisotopic (exact) mass is 320 g/mol. The zero-order valence-corrected chi connectivity index (χ0v) is 11.2. The number of carbonyl (C=O) groups excluding carboxylic acids is 1. The van der Waals surface area contributed by atoms with Crippen LogP contribution in [0.5, 0.6) is 0 Å². The van der Waals surface area contributed by atoms with Gasteiger partial charge in [0.1, 0.15) is 5.69 Å². The van der Waals surface area contributed by atoms with Crippen LogP contribution in [0.2, 0.25) is 0 Å². The highest BCUT2D eigenvalue weighted by molar-refractivity contribution is 9.10. The minimum atomic E-state index is -1.06. The fourth-order valence-corrected chi connectivity index (χ4v) is 1.97. The largest absolute Gasteiger partial charge is 0.478 e. The number of rotatable bonds is 3. The number of nitrogens with zero attached hydrogens (tertiary/aromatic N) is 1. The molecule has 2 N–H and O–H groups in total. The third-order valence-corrected chi connectivity index (χ3v) is 2.76. The van der Waals surface area contributed by atoms with Gasteiger partial charge in [0.25, 0.3) is 5.91 Å². The van der Waals surface area contributed by atoms with E-state index in [1.807, 2.05) is 0 Å². The summed E-state index contributed by atoms with van der Waals surface area (Å²) in [5.74, 6) is -1.45. The Kier molecular flexibility index (Phi) is 3.91. The van der Waals surface area contributed by atoms with Gasteiger partial charge in [-0.15, -0.1) is 0 Å². The van der Waals surface area contributed by atoms with Crippen molar-refractivity contribution < 1.29 is 14.7 Å². The van der Waals surface area contributed by atoms with Gasteiger partial charge in [0.15, 0.2) is 0 Å². The topological polar surface area (TPSA) is 79.3 Å². The molecule has 1 amide bonds. The molecule has 1 aromatic carbocycles. The van der Waals surface area contributed by atoms with Crippen LogP contribution in [-0.4, -0.2) is 22.0 Å². The Hall–Kier alpha value is -2.21. The highest BCUT2D eigenvalue weighted by atomic mass is 79.9. The number of aromatic nitrogens is 1. The average molecular weight is 321 g/mol. The van der Waals surface area contributed by atoms with Crippen LogP contribution in [0.1, 0.15) is 20.8 Å². The molecule has 0 fully saturated rings. The zero-order valence-electron chi connectivity index (χ0n) is 9.63. The van der Waals surface area contributed by atoms with Gasteiger partial charge in [-0.05, 0) is 30.3 Å². The van der Waals surface area contributed by atoms with Gasteiger partial charge in [-0.1, -0.05) is 22.0 Å². The molecular formula is C13H9BrN2O3. The van der Waals surface area contributed by atoms with E-state index in [0.29, 0.717) is 10.2 Å². The molecule has 0 unspecified atom stereocenters. The number of halogens is 1. The van der Waals surface area contributed by atoms with Crippen LogP contribution < -0.4 is 5.32 Å². The number of hydrogen-bond donors (Lipinski definition) is 2. The third-order valence-electron chi connectivity index (χ3n) is 2.30. The van der Waals surface area contributed by atoms with Crippen LogP contribution in [0.3, 0.4) is 0 Å². The molecule has 0 spiro atoms. The van der Waals surface area contributed by atoms with Gasteiger partial charge >= 0.3 is 5.97 Å². The van der Waals surface area contributed by atoms with E-state index in [0.717, 1.165) is 0 Å². The molecule has 0 aliphatic carbocycles. The lowest BCUT2D eigenvalue weighted by molar-refractivity contribution is 0.0696. The summed E-state index contributed by atoms with van der Waals surface area (Å²) in [4.78, 5) is 26.7. The van der Waals surface area contributed by atoms with E-state index < -0.39 is 11.9 Å². The van der Waals surface area contributed by atoms with Crippen molar-refractivity contribution in [1.29, 1.82) is 0 Å². The van der Waals surface area contributed by atoms with Crippen molar-refractivity contribution in [3.05, 3.63) is 58.3 Å². The van der Waals surface area contributed by atoms with Gasteiger partial charge in [0.05, 0.1) is 5.56 Å². The number of benzene rings is 1. The lowest BCUT2D eigenvalue weighted by Crippen LogP contribution is -2.13. The Morgan fingerprint density at radius 2 is 2.00 bits per heavy atom. The predicted octanol–water partition coefficient (Wildman–Crippen LogP) is 2.79. The number of aromatic carboxylic acids is 1. The second-order valence-corrected chi connectivity index (χ2v) is 4.62. The summed E-state index contributed by atoms with van der Waals surface area (Å²) in [6, 6.07) is 9.44. The maximum Gasteiger partial charge on any atom is 0.335 e. The summed E-state index contributed by atoms with van der Waals surface area (Å²) in [6.07, 6.45) is 1.51. The number of carboxylic acids is 1. The number of carbonyl (C=O) groups is 2. The molecule has 2 aromatic rings. The van der Waals surface area contributed by atoms with Gasteiger partial charge in [-0.25, -0.2) is 4.79 Å². The zero-order chi connectivity index (χ0) is 13.8. The predicted molar refractivity (Wildman–Crippen MR) is 73.3 cm³/mol. The van der Waals surface area contributed by atoms with Crippen LogP contribution in [0.25, 0.3) is 0 Å². The van der Waals surface area contributed by atoms with E-state index in [2.05, 4.69) is 26.2 Å². The molecule has 6 heteroatoms. The molecule has 1 aromatic heterocycles. The number of nitrogens with one attached hydrogen (secondary N) is 1. The average Bonchev–Trinajstić information content (AvgIpc) is 2.39. The maximum absolute atomic E-state index is 11.9. The molecule has 0 saturated heterocycles. The molecule has 0 aliphatic rings. The van der Waals surface area contributed by atoms with Crippen LogP contribution in [-0.2, 0) is 0 Å². The maximum atomic E-state index is 11.9. The van der Waals surface area contributed by atoms with Crippen molar-refractivity contribution in [2.24, 2.45) is 0 Å². The first-order chi connectivity index (χ1) is 9.06. The Morgan fingerprint density at radius 1 is 1.21 bits per heavy atom. The normalized spacial score (nSPS) is 9.95. The Morgan fingerprint density at radius 3 is 2.63 bits per heavy atom. The molecule has 0 aliphatic heterocycles. The third kappa shape index (κ3) is 3.38. The first-order valence-corrected chi connectivity index (χ1v) is 6.12. The van der Waals surface area contributed by atoms with Gasteiger partial charge in [-0.2, -0.15) is 0 Å².